The average molecular weight is 374 g/mol. The van der Waals surface area contributed by atoms with Crippen molar-refractivity contribution in [3.05, 3.63) is 35.9 Å². The first-order valence-electron chi connectivity index (χ1n) is 9.57. The van der Waals surface area contributed by atoms with Crippen LogP contribution in [0.3, 0.4) is 0 Å². The SMILES string of the molecule is CC(C)(C)OC(=O)N1CCC(C(=O)NC(CCC=O)c2ccccc2)CC1. The molecule has 1 heterocycles. The number of hydrogen-bond acceptors (Lipinski definition) is 4. The first kappa shape index (κ1) is 20.9. The van der Waals surface area contributed by atoms with E-state index in [0.29, 0.717) is 38.8 Å². The number of piperidine rings is 1. The Morgan fingerprint density at radius 2 is 1.85 bits per heavy atom. The molecule has 2 amide bonds. The van der Waals surface area contributed by atoms with Crippen LogP contribution in [0.15, 0.2) is 30.3 Å². The fraction of sp³-hybridized carbons (Fsp3) is 0.571. The lowest BCUT2D eigenvalue weighted by Crippen LogP contribution is -2.45. The Labute approximate surface area is 161 Å². The summed E-state index contributed by atoms with van der Waals surface area (Å²) >= 11 is 0. The number of nitrogens with zero attached hydrogens (tertiary/aromatic N) is 1. The summed E-state index contributed by atoms with van der Waals surface area (Å²) in [6.45, 7) is 6.55. The molecule has 0 aromatic heterocycles. The van der Waals surface area contributed by atoms with E-state index in [-0.39, 0.29) is 24.0 Å². The van der Waals surface area contributed by atoms with E-state index in [1.54, 1.807) is 4.90 Å². The van der Waals surface area contributed by atoms with Crippen molar-refractivity contribution in [1.82, 2.24) is 10.2 Å². The third-order valence-corrected chi connectivity index (χ3v) is 4.61. The lowest BCUT2D eigenvalue weighted by molar-refractivity contribution is -0.127. The number of carbonyl (C=O) groups is 3. The van der Waals surface area contributed by atoms with Crippen molar-refractivity contribution in [3.63, 3.8) is 0 Å². The molecule has 0 aliphatic carbocycles. The van der Waals surface area contributed by atoms with Crippen LogP contribution in [0, 0.1) is 5.92 Å². The fourth-order valence-corrected chi connectivity index (χ4v) is 3.18. The molecule has 6 nitrogen and oxygen atoms in total. The maximum atomic E-state index is 12.7. The number of amides is 2. The second-order valence-electron chi connectivity index (χ2n) is 7.96. The zero-order valence-corrected chi connectivity index (χ0v) is 16.4. The van der Waals surface area contributed by atoms with E-state index in [1.165, 1.54) is 0 Å². The molecule has 1 N–H and O–H groups in total. The van der Waals surface area contributed by atoms with Crippen LogP contribution < -0.4 is 5.32 Å². The quantitative estimate of drug-likeness (QED) is 0.774. The molecule has 6 heteroatoms. The number of rotatable bonds is 6. The minimum atomic E-state index is -0.521. The number of nitrogens with one attached hydrogen (secondary N) is 1. The molecule has 0 bridgehead atoms. The van der Waals surface area contributed by atoms with Crippen molar-refractivity contribution in [2.75, 3.05) is 13.1 Å². The van der Waals surface area contributed by atoms with Gasteiger partial charge in [0.25, 0.3) is 0 Å². The lowest BCUT2D eigenvalue weighted by atomic mass is 9.94. The number of carbonyl (C=O) groups excluding carboxylic acids is 3. The number of benzene rings is 1. The van der Waals surface area contributed by atoms with Gasteiger partial charge in [0.1, 0.15) is 11.9 Å². The third kappa shape index (κ3) is 6.70. The molecule has 1 saturated heterocycles. The Bertz CT molecular complexity index is 631. The molecule has 148 valence electrons. The first-order chi connectivity index (χ1) is 12.8. The van der Waals surface area contributed by atoms with Gasteiger partial charge in [-0.2, -0.15) is 0 Å². The van der Waals surface area contributed by atoms with E-state index in [4.69, 9.17) is 4.74 Å². The van der Waals surface area contributed by atoms with Crippen molar-refractivity contribution >= 4 is 18.3 Å². The summed E-state index contributed by atoms with van der Waals surface area (Å²) in [7, 11) is 0. The van der Waals surface area contributed by atoms with Gasteiger partial charge in [-0.1, -0.05) is 30.3 Å². The molecule has 1 aromatic rings. The molecule has 0 spiro atoms. The zero-order valence-electron chi connectivity index (χ0n) is 16.4. The van der Waals surface area contributed by atoms with E-state index >= 15 is 0 Å². The summed E-state index contributed by atoms with van der Waals surface area (Å²) in [6.07, 6.45) is 2.75. The van der Waals surface area contributed by atoms with Crippen molar-refractivity contribution in [2.45, 2.75) is 58.1 Å². The number of likely N-dealkylation sites (tertiary alicyclic amines) is 1. The van der Waals surface area contributed by atoms with Crippen molar-refractivity contribution in [1.29, 1.82) is 0 Å². The van der Waals surface area contributed by atoms with Gasteiger partial charge in [0, 0.05) is 25.4 Å². The van der Waals surface area contributed by atoms with Crippen molar-refractivity contribution in [2.24, 2.45) is 5.92 Å². The molecule has 1 aromatic carbocycles. The van der Waals surface area contributed by atoms with Crippen LogP contribution in [-0.4, -0.2) is 41.9 Å². The molecular weight excluding hydrogens is 344 g/mol. The van der Waals surface area contributed by atoms with Gasteiger partial charge in [-0.05, 0) is 45.6 Å². The molecule has 1 aliphatic heterocycles. The smallest absolute Gasteiger partial charge is 0.410 e. The van der Waals surface area contributed by atoms with Gasteiger partial charge in [0.05, 0.1) is 6.04 Å². The largest absolute Gasteiger partial charge is 0.444 e. The van der Waals surface area contributed by atoms with Gasteiger partial charge in [0.15, 0.2) is 0 Å². The molecule has 1 aliphatic rings. The lowest BCUT2D eigenvalue weighted by Gasteiger charge is -2.33. The minimum absolute atomic E-state index is 0.0152. The molecule has 0 saturated carbocycles. The summed E-state index contributed by atoms with van der Waals surface area (Å²) < 4.78 is 5.39. The molecular formula is C21H30N2O4. The Morgan fingerprint density at radius 1 is 1.22 bits per heavy atom. The van der Waals surface area contributed by atoms with E-state index in [9.17, 15) is 14.4 Å². The van der Waals surface area contributed by atoms with Crippen LogP contribution >= 0.6 is 0 Å². The van der Waals surface area contributed by atoms with Crippen molar-refractivity contribution in [3.8, 4) is 0 Å². The van der Waals surface area contributed by atoms with Gasteiger partial charge in [-0.15, -0.1) is 0 Å². The maximum absolute atomic E-state index is 12.7. The predicted molar refractivity (Wildman–Crippen MR) is 103 cm³/mol. The molecule has 1 atom stereocenters. The van der Waals surface area contributed by atoms with E-state index in [2.05, 4.69) is 5.32 Å². The molecule has 27 heavy (non-hydrogen) atoms. The molecule has 1 fully saturated rings. The molecule has 2 rings (SSSR count). The summed E-state index contributed by atoms with van der Waals surface area (Å²) in [4.78, 5) is 37.3. The van der Waals surface area contributed by atoms with Crippen LogP contribution in [0.2, 0.25) is 0 Å². The highest BCUT2D eigenvalue weighted by atomic mass is 16.6. The summed E-state index contributed by atoms with van der Waals surface area (Å²) in [5.41, 5.74) is 0.478. The topological polar surface area (TPSA) is 75.7 Å². The van der Waals surface area contributed by atoms with E-state index < -0.39 is 5.60 Å². The Morgan fingerprint density at radius 3 is 2.41 bits per heavy atom. The van der Waals surface area contributed by atoms with Gasteiger partial charge in [0.2, 0.25) is 5.91 Å². The Hall–Kier alpha value is -2.37. The van der Waals surface area contributed by atoms with Gasteiger partial charge in [-0.3, -0.25) is 4.79 Å². The fourth-order valence-electron chi connectivity index (χ4n) is 3.18. The first-order valence-corrected chi connectivity index (χ1v) is 9.57. The molecule has 1 unspecified atom stereocenters. The standard InChI is InChI=1S/C21H30N2O4/c1-21(2,3)27-20(26)23-13-11-17(12-14-23)19(25)22-18(10-7-15-24)16-8-5-4-6-9-16/h4-6,8-9,15,17-18H,7,10-14H2,1-3H3,(H,22,25). The highest BCUT2D eigenvalue weighted by Gasteiger charge is 2.30. The van der Waals surface area contributed by atoms with Gasteiger partial charge in [-0.25, -0.2) is 4.79 Å². The minimum Gasteiger partial charge on any atom is -0.444 e. The monoisotopic (exact) mass is 374 g/mol. The number of aldehydes is 1. The van der Waals surface area contributed by atoms with E-state index in [0.717, 1.165) is 11.8 Å². The third-order valence-electron chi connectivity index (χ3n) is 4.61. The Kier molecular flexibility index (Phi) is 7.39. The summed E-state index contributed by atoms with van der Waals surface area (Å²) in [5, 5.41) is 3.09. The van der Waals surface area contributed by atoms with Crippen LogP contribution in [0.1, 0.15) is 58.1 Å². The highest BCUT2D eigenvalue weighted by Crippen LogP contribution is 2.23. The Balaban J connectivity index is 1.90. The zero-order chi connectivity index (χ0) is 19.9. The molecule has 0 radical (unpaired) electrons. The second-order valence-corrected chi connectivity index (χ2v) is 7.96. The highest BCUT2D eigenvalue weighted by molar-refractivity contribution is 5.79. The van der Waals surface area contributed by atoms with Crippen molar-refractivity contribution < 1.29 is 19.1 Å². The predicted octanol–water partition coefficient (Wildman–Crippen LogP) is 3.47. The maximum Gasteiger partial charge on any atom is 0.410 e. The number of ether oxygens (including phenoxy) is 1. The van der Waals surface area contributed by atoms with E-state index in [1.807, 2.05) is 51.1 Å². The summed E-state index contributed by atoms with van der Waals surface area (Å²) in [6, 6.07) is 9.52. The van der Waals surface area contributed by atoms with Crippen LogP contribution in [0.4, 0.5) is 4.79 Å². The van der Waals surface area contributed by atoms with Gasteiger partial charge < -0.3 is 19.7 Å². The van der Waals surface area contributed by atoms with Crippen LogP contribution in [-0.2, 0) is 14.3 Å². The summed E-state index contributed by atoms with van der Waals surface area (Å²) in [5.74, 6) is -0.148. The average Bonchev–Trinajstić information content (AvgIpc) is 2.64. The number of hydrogen-bond donors (Lipinski definition) is 1. The normalized spacial score (nSPS) is 16.5. The van der Waals surface area contributed by atoms with Crippen LogP contribution in [0.25, 0.3) is 0 Å². The second kappa shape index (κ2) is 9.53. The van der Waals surface area contributed by atoms with Gasteiger partial charge >= 0.3 is 6.09 Å². The van der Waals surface area contributed by atoms with Crippen LogP contribution in [0.5, 0.6) is 0 Å².